The summed E-state index contributed by atoms with van der Waals surface area (Å²) in [5.41, 5.74) is 1.59. The van der Waals surface area contributed by atoms with Crippen LogP contribution in [0.15, 0.2) is 77.7 Å². The number of amides is 3. The average Bonchev–Trinajstić information content (AvgIpc) is 3.12. The summed E-state index contributed by atoms with van der Waals surface area (Å²) >= 11 is 0. The third kappa shape index (κ3) is 4.41. The van der Waals surface area contributed by atoms with Gasteiger partial charge in [-0.2, -0.15) is 4.31 Å². The van der Waals surface area contributed by atoms with Gasteiger partial charge in [0, 0.05) is 18.7 Å². The van der Waals surface area contributed by atoms with E-state index in [1.807, 2.05) is 30.3 Å². The molecule has 0 spiro atoms. The Hall–Kier alpha value is -3.82. The predicted octanol–water partition coefficient (Wildman–Crippen LogP) is 3.03. The van der Waals surface area contributed by atoms with Crippen LogP contribution in [0.1, 0.15) is 43.6 Å². The second kappa shape index (κ2) is 8.97. The van der Waals surface area contributed by atoms with Crippen molar-refractivity contribution in [1.82, 2.24) is 9.62 Å². The van der Waals surface area contributed by atoms with E-state index in [1.54, 1.807) is 13.0 Å². The van der Waals surface area contributed by atoms with Crippen molar-refractivity contribution in [3.05, 3.63) is 95.1 Å². The summed E-state index contributed by atoms with van der Waals surface area (Å²) in [6, 6.07) is 19.5. The Bertz CT molecular complexity index is 1340. The second-order valence-electron chi connectivity index (χ2n) is 7.41. The maximum atomic E-state index is 13.1. The van der Waals surface area contributed by atoms with Crippen LogP contribution in [-0.2, 0) is 16.6 Å². The zero-order valence-corrected chi connectivity index (χ0v) is 18.6. The van der Waals surface area contributed by atoms with Crippen LogP contribution >= 0.6 is 0 Å². The highest BCUT2D eigenvalue weighted by Gasteiger charge is 2.30. The topological polar surface area (TPSA) is 113 Å². The second-order valence-corrected chi connectivity index (χ2v) is 9.34. The molecule has 4 rings (SSSR count). The third-order valence-corrected chi connectivity index (χ3v) is 7.26. The fourth-order valence-corrected chi connectivity index (χ4v) is 5.04. The summed E-state index contributed by atoms with van der Waals surface area (Å²) in [7, 11) is -3.76. The number of hydrogen-bond acceptors (Lipinski definition) is 5. The molecule has 0 saturated heterocycles. The standard InChI is InChI=1S/C24H21N3O5S/c1-2-27(15-16-7-4-3-5-8-16)33(31,32)18-13-11-17(12-14-18)22(28)25-20-10-6-9-19-21(20)24(30)26-23(19)29/h3-14H,2,15H2,1H3,(H,25,28)(H,26,29,30). The Morgan fingerprint density at radius 3 is 2.27 bits per heavy atom. The summed E-state index contributed by atoms with van der Waals surface area (Å²) < 4.78 is 27.5. The molecule has 0 atom stereocenters. The van der Waals surface area contributed by atoms with Crippen molar-refractivity contribution in [2.75, 3.05) is 11.9 Å². The lowest BCUT2D eigenvalue weighted by Crippen LogP contribution is -2.30. The number of benzene rings is 3. The minimum Gasteiger partial charge on any atom is -0.321 e. The predicted molar refractivity (Wildman–Crippen MR) is 122 cm³/mol. The molecule has 0 saturated carbocycles. The molecule has 33 heavy (non-hydrogen) atoms. The maximum Gasteiger partial charge on any atom is 0.261 e. The molecule has 1 aliphatic heterocycles. The number of anilines is 1. The van der Waals surface area contributed by atoms with Gasteiger partial charge in [-0.3, -0.25) is 19.7 Å². The molecule has 3 aromatic rings. The molecule has 1 aliphatic rings. The summed E-state index contributed by atoms with van der Waals surface area (Å²) in [4.78, 5) is 36.6. The lowest BCUT2D eigenvalue weighted by Gasteiger charge is -2.20. The van der Waals surface area contributed by atoms with Crippen molar-refractivity contribution in [3.63, 3.8) is 0 Å². The highest BCUT2D eigenvalue weighted by atomic mass is 32.2. The number of sulfonamides is 1. The van der Waals surface area contributed by atoms with Gasteiger partial charge in [-0.1, -0.05) is 43.3 Å². The normalized spacial score (nSPS) is 13.0. The van der Waals surface area contributed by atoms with Crippen molar-refractivity contribution < 1.29 is 22.8 Å². The van der Waals surface area contributed by atoms with Gasteiger partial charge in [-0.25, -0.2) is 8.42 Å². The van der Waals surface area contributed by atoms with Crippen LogP contribution in [0.2, 0.25) is 0 Å². The minimum atomic E-state index is -3.76. The molecule has 8 nitrogen and oxygen atoms in total. The van der Waals surface area contributed by atoms with Crippen LogP contribution in [-0.4, -0.2) is 37.0 Å². The Balaban J connectivity index is 1.53. The van der Waals surface area contributed by atoms with Gasteiger partial charge in [-0.05, 0) is 42.0 Å². The van der Waals surface area contributed by atoms with Gasteiger partial charge in [0.1, 0.15) is 0 Å². The Morgan fingerprint density at radius 1 is 0.909 bits per heavy atom. The molecule has 0 radical (unpaired) electrons. The van der Waals surface area contributed by atoms with E-state index < -0.39 is 27.7 Å². The molecule has 0 aliphatic carbocycles. The summed E-state index contributed by atoms with van der Waals surface area (Å²) in [5, 5.41) is 4.82. The Morgan fingerprint density at radius 2 is 1.61 bits per heavy atom. The van der Waals surface area contributed by atoms with Crippen LogP contribution in [0.25, 0.3) is 0 Å². The van der Waals surface area contributed by atoms with Gasteiger partial charge >= 0.3 is 0 Å². The summed E-state index contributed by atoms with van der Waals surface area (Å²) in [6.07, 6.45) is 0. The average molecular weight is 464 g/mol. The van der Waals surface area contributed by atoms with Crippen LogP contribution in [0.5, 0.6) is 0 Å². The van der Waals surface area contributed by atoms with E-state index >= 15 is 0 Å². The lowest BCUT2D eigenvalue weighted by atomic mass is 10.1. The third-order valence-electron chi connectivity index (χ3n) is 5.32. The quantitative estimate of drug-likeness (QED) is 0.523. The molecule has 168 valence electrons. The fourth-order valence-electron chi connectivity index (χ4n) is 3.60. The number of carbonyl (C=O) groups is 3. The number of imide groups is 1. The molecule has 0 bridgehead atoms. The van der Waals surface area contributed by atoms with Crippen LogP contribution < -0.4 is 10.6 Å². The number of nitrogens with zero attached hydrogens (tertiary/aromatic N) is 1. The molecular formula is C24H21N3O5S. The van der Waals surface area contributed by atoms with Gasteiger partial charge in [0.05, 0.1) is 21.7 Å². The van der Waals surface area contributed by atoms with E-state index in [0.717, 1.165) is 5.56 Å². The van der Waals surface area contributed by atoms with Gasteiger partial charge < -0.3 is 5.32 Å². The zero-order chi connectivity index (χ0) is 23.6. The summed E-state index contributed by atoms with van der Waals surface area (Å²) in [5.74, 6) is -1.63. The van der Waals surface area contributed by atoms with Crippen molar-refractivity contribution in [2.24, 2.45) is 0 Å². The largest absolute Gasteiger partial charge is 0.321 e. The molecule has 1 heterocycles. The molecule has 0 aromatic heterocycles. The van der Waals surface area contributed by atoms with Crippen molar-refractivity contribution in [3.8, 4) is 0 Å². The molecular weight excluding hydrogens is 442 g/mol. The molecule has 9 heteroatoms. The highest BCUT2D eigenvalue weighted by Crippen LogP contribution is 2.25. The number of rotatable bonds is 7. The van der Waals surface area contributed by atoms with Crippen molar-refractivity contribution in [2.45, 2.75) is 18.4 Å². The fraction of sp³-hybridized carbons (Fsp3) is 0.125. The number of hydrogen-bond donors (Lipinski definition) is 2. The highest BCUT2D eigenvalue weighted by molar-refractivity contribution is 7.89. The number of carbonyl (C=O) groups excluding carboxylic acids is 3. The summed E-state index contributed by atoms with van der Waals surface area (Å²) in [6.45, 7) is 2.29. The van der Waals surface area contributed by atoms with Gasteiger partial charge in [0.2, 0.25) is 10.0 Å². The van der Waals surface area contributed by atoms with E-state index in [1.165, 1.54) is 40.7 Å². The molecule has 3 amide bonds. The van der Waals surface area contributed by atoms with E-state index in [-0.39, 0.29) is 33.8 Å². The van der Waals surface area contributed by atoms with Crippen LogP contribution in [0.3, 0.4) is 0 Å². The zero-order valence-electron chi connectivity index (χ0n) is 17.7. The van der Waals surface area contributed by atoms with E-state index in [0.29, 0.717) is 6.54 Å². The Labute approximate surface area is 191 Å². The molecule has 2 N–H and O–H groups in total. The van der Waals surface area contributed by atoms with E-state index in [2.05, 4.69) is 10.6 Å². The van der Waals surface area contributed by atoms with Crippen molar-refractivity contribution in [1.29, 1.82) is 0 Å². The van der Waals surface area contributed by atoms with E-state index in [4.69, 9.17) is 0 Å². The first-order valence-corrected chi connectivity index (χ1v) is 11.7. The molecule has 0 unspecified atom stereocenters. The minimum absolute atomic E-state index is 0.0717. The first-order valence-electron chi connectivity index (χ1n) is 10.3. The number of nitrogens with one attached hydrogen (secondary N) is 2. The molecule has 3 aromatic carbocycles. The lowest BCUT2D eigenvalue weighted by molar-refractivity contribution is 0.0879. The Kier molecular flexibility index (Phi) is 6.08. The maximum absolute atomic E-state index is 13.1. The van der Waals surface area contributed by atoms with Gasteiger partial charge in [-0.15, -0.1) is 0 Å². The first-order chi connectivity index (χ1) is 15.8. The van der Waals surface area contributed by atoms with Crippen molar-refractivity contribution >= 4 is 33.4 Å². The van der Waals surface area contributed by atoms with Gasteiger partial charge in [0.25, 0.3) is 17.7 Å². The smallest absolute Gasteiger partial charge is 0.261 e. The monoisotopic (exact) mass is 463 g/mol. The van der Waals surface area contributed by atoms with E-state index in [9.17, 15) is 22.8 Å². The SMILES string of the molecule is CCN(Cc1ccccc1)S(=O)(=O)c1ccc(C(=O)Nc2cccc3c2C(=O)NC3=O)cc1. The van der Waals surface area contributed by atoms with Crippen LogP contribution in [0.4, 0.5) is 5.69 Å². The molecule has 0 fully saturated rings. The van der Waals surface area contributed by atoms with Gasteiger partial charge in [0.15, 0.2) is 0 Å². The first kappa shape index (κ1) is 22.4. The number of fused-ring (bicyclic) bond motifs is 1. The van der Waals surface area contributed by atoms with Crippen LogP contribution in [0, 0.1) is 0 Å².